The van der Waals surface area contributed by atoms with Crippen LogP contribution in [0.2, 0.25) is 0 Å². The normalized spacial score (nSPS) is 15.2. The quantitative estimate of drug-likeness (QED) is 0.113. The highest BCUT2D eigenvalue weighted by Crippen LogP contribution is 2.16. The molecule has 282 valence electrons. The van der Waals surface area contributed by atoms with E-state index < -0.39 is 78.2 Å². The van der Waals surface area contributed by atoms with Gasteiger partial charge in [-0.05, 0) is 64.9 Å². The fourth-order valence-electron chi connectivity index (χ4n) is 4.67. The molecular weight excluding hydrogens is 648 g/mol. The summed E-state index contributed by atoms with van der Waals surface area (Å²) in [6, 6.07) is 3.09. The highest BCUT2D eigenvalue weighted by molar-refractivity contribution is 6.01. The van der Waals surface area contributed by atoms with Crippen molar-refractivity contribution in [2.24, 2.45) is 17.6 Å². The van der Waals surface area contributed by atoms with Crippen molar-refractivity contribution in [3.63, 3.8) is 0 Å². The zero-order chi connectivity index (χ0) is 38.3. The van der Waals surface area contributed by atoms with Crippen LogP contribution in [0.4, 0.5) is 4.79 Å². The summed E-state index contributed by atoms with van der Waals surface area (Å²) in [6.45, 7) is 14.6. The van der Waals surface area contributed by atoms with Crippen LogP contribution in [0.5, 0.6) is 0 Å². The number of carbonyl (C=O) groups is 6. The number of aliphatic hydroxyl groups is 2. The van der Waals surface area contributed by atoms with Crippen LogP contribution in [0.3, 0.4) is 0 Å². The van der Waals surface area contributed by atoms with Gasteiger partial charge in [0.1, 0.15) is 29.8 Å². The average Bonchev–Trinajstić information content (AvgIpc) is 3.03. The Hall–Kier alpha value is -4.08. The second kappa shape index (κ2) is 20.6. The van der Waals surface area contributed by atoms with Crippen LogP contribution in [-0.4, -0.2) is 106 Å². The molecule has 1 aromatic carbocycles. The van der Waals surface area contributed by atoms with Gasteiger partial charge >= 0.3 is 6.09 Å². The van der Waals surface area contributed by atoms with Crippen molar-refractivity contribution < 1.29 is 43.7 Å². The first-order chi connectivity index (χ1) is 23.2. The summed E-state index contributed by atoms with van der Waals surface area (Å²) in [5.41, 5.74) is 5.25. The Bertz CT molecular complexity index is 1280. The molecule has 0 saturated heterocycles. The maximum Gasteiger partial charge on any atom is 0.417 e. The fraction of sp³-hybridized carbons (Fsp3) is 0.657. The van der Waals surface area contributed by atoms with Crippen LogP contribution in [0.15, 0.2) is 30.3 Å². The van der Waals surface area contributed by atoms with E-state index in [-0.39, 0.29) is 37.0 Å². The lowest BCUT2D eigenvalue weighted by Gasteiger charge is -2.33. The second-order valence-corrected chi connectivity index (χ2v) is 14.2. The number of ether oxygens (including phenoxy) is 1. The van der Waals surface area contributed by atoms with Crippen molar-refractivity contribution in [2.45, 2.75) is 123 Å². The van der Waals surface area contributed by atoms with Gasteiger partial charge in [-0.3, -0.25) is 24.0 Å². The van der Waals surface area contributed by atoms with E-state index in [0.717, 1.165) is 5.56 Å². The predicted molar refractivity (Wildman–Crippen MR) is 187 cm³/mol. The van der Waals surface area contributed by atoms with Crippen LogP contribution in [0, 0.1) is 11.8 Å². The maximum absolute atomic E-state index is 13.7. The van der Waals surface area contributed by atoms with E-state index in [0.29, 0.717) is 11.4 Å². The third-order valence-corrected chi connectivity index (χ3v) is 7.56. The van der Waals surface area contributed by atoms with E-state index in [1.807, 2.05) is 27.7 Å². The first kappa shape index (κ1) is 43.9. The smallest absolute Gasteiger partial charge is 0.417 e. The molecule has 0 aliphatic rings. The van der Waals surface area contributed by atoms with Gasteiger partial charge in [0.25, 0.3) is 5.91 Å². The molecule has 2 unspecified atom stereocenters. The van der Waals surface area contributed by atoms with Crippen LogP contribution in [-0.2, 0) is 35.1 Å². The minimum absolute atomic E-state index is 0.0840. The molecule has 6 amide bonds. The third kappa shape index (κ3) is 15.2. The molecule has 0 fully saturated rings. The fourth-order valence-corrected chi connectivity index (χ4v) is 4.67. The number of hydrogen-bond acceptors (Lipinski definition) is 10. The van der Waals surface area contributed by atoms with Gasteiger partial charge < -0.3 is 42.0 Å². The number of aliphatic hydroxyl groups excluding tert-OH is 2. The molecule has 1 rings (SSSR count). The minimum atomic E-state index is -1.48. The molecular formula is C35H58N6O9. The molecule has 0 bridgehead atoms. The predicted octanol–water partition coefficient (Wildman–Crippen LogP) is 0.745. The Morgan fingerprint density at radius 2 is 1.48 bits per heavy atom. The molecule has 1 aromatic rings. The molecule has 0 heterocycles. The van der Waals surface area contributed by atoms with E-state index in [9.17, 15) is 39.0 Å². The average molecular weight is 707 g/mol. The molecule has 15 nitrogen and oxygen atoms in total. The Labute approximate surface area is 295 Å². The minimum Gasteiger partial charge on any atom is -0.443 e. The van der Waals surface area contributed by atoms with Crippen LogP contribution < -0.4 is 27.0 Å². The van der Waals surface area contributed by atoms with E-state index in [1.54, 1.807) is 51.1 Å². The second-order valence-electron chi connectivity index (χ2n) is 14.2. The summed E-state index contributed by atoms with van der Waals surface area (Å²) in [7, 11) is 0. The highest BCUT2D eigenvalue weighted by atomic mass is 16.6. The number of rotatable bonds is 18. The van der Waals surface area contributed by atoms with E-state index in [1.165, 1.54) is 13.8 Å². The monoisotopic (exact) mass is 706 g/mol. The Morgan fingerprint density at radius 1 is 0.880 bits per heavy atom. The standard InChI is InChI=1S/C35H58N6O9/c1-20(2)18-37-32(47)29(21(3)4)40-28(44)16-15-27(43)26(17-24-13-11-10-12-14-24)39-30(45)23(6)41(34(49)50-35(7,8)9)33(48)22(5)38-31(46)25(36)19-42/h10-14,20-23,25-27,29,42-43H,15-19,36H2,1-9H3,(H,37,47)(H,38,46)(H,39,45)(H,40,44)/t22-,23-,25-,26-,27?,29?/m0/s1. The van der Waals surface area contributed by atoms with Gasteiger partial charge in [-0.25, -0.2) is 9.69 Å². The van der Waals surface area contributed by atoms with E-state index >= 15 is 0 Å². The SMILES string of the molecule is CC(C)CNC(=O)C(NC(=O)CCC(O)[C@H](Cc1ccccc1)NC(=O)[C@H](C)N(C(=O)OC(C)(C)C)C(=O)[C@H](C)NC(=O)[C@@H](N)CO)C(C)C. The zero-order valence-electron chi connectivity index (χ0n) is 30.8. The zero-order valence-corrected chi connectivity index (χ0v) is 30.8. The van der Waals surface area contributed by atoms with Gasteiger partial charge in [0.2, 0.25) is 23.6 Å². The largest absolute Gasteiger partial charge is 0.443 e. The molecule has 0 radical (unpaired) electrons. The first-order valence-electron chi connectivity index (χ1n) is 17.0. The molecule has 50 heavy (non-hydrogen) atoms. The summed E-state index contributed by atoms with van der Waals surface area (Å²) in [4.78, 5) is 79.0. The van der Waals surface area contributed by atoms with Gasteiger partial charge in [0.15, 0.2) is 0 Å². The van der Waals surface area contributed by atoms with Gasteiger partial charge in [-0.15, -0.1) is 0 Å². The van der Waals surface area contributed by atoms with Crippen LogP contribution in [0.25, 0.3) is 0 Å². The number of amides is 6. The summed E-state index contributed by atoms with van der Waals surface area (Å²) in [6.07, 6.45) is -2.51. The number of imide groups is 1. The lowest BCUT2D eigenvalue weighted by molar-refractivity contribution is -0.142. The Balaban J connectivity index is 3.23. The number of benzene rings is 1. The first-order valence-corrected chi connectivity index (χ1v) is 17.0. The van der Waals surface area contributed by atoms with Crippen molar-refractivity contribution in [3.05, 3.63) is 35.9 Å². The molecule has 0 aromatic heterocycles. The molecule has 0 aliphatic heterocycles. The lowest BCUT2D eigenvalue weighted by atomic mass is 9.97. The van der Waals surface area contributed by atoms with E-state index in [2.05, 4.69) is 21.3 Å². The molecule has 6 atom stereocenters. The summed E-state index contributed by atoms with van der Waals surface area (Å²) < 4.78 is 5.41. The van der Waals surface area contributed by atoms with Gasteiger partial charge in [-0.2, -0.15) is 0 Å². The van der Waals surface area contributed by atoms with Crippen molar-refractivity contribution in [2.75, 3.05) is 13.2 Å². The Kier molecular flexibility index (Phi) is 18.1. The summed E-state index contributed by atoms with van der Waals surface area (Å²) in [5.74, 6) is -3.37. The van der Waals surface area contributed by atoms with Gasteiger partial charge in [0.05, 0.1) is 18.8 Å². The molecule has 0 spiro atoms. The summed E-state index contributed by atoms with van der Waals surface area (Å²) >= 11 is 0. The van der Waals surface area contributed by atoms with Crippen molar-refractivity contribution in [3.8, 4) is 0 Å². The molecule has 8 N–H and O–H groups in total. The van der Waals surface area contributed by atoms with Gasteiger partial charge in [0, 0.05) is 13.0 Å². The lowest BCUT2D eigenvalue weighted by Crippen LogP contribution is -2.60. The number of nitrogens with one attached hydrogen (secondary N) is 4. The van der Waals surface area contributed by atoms with Gasteiger partial charge in [-0.1, -0.05) is 58.0 Å². The van der Waals surface area contributed by atoms with Crippen molar-refractivity contribution >= 4 is 35.6 Å². The molecule has 0 saturated carbocycles. The number of nitrogens with zero attached hydrogens (tertiary/aromatic N) is 1. The number of nitrogens with two attached hydrogens (primary N) is 1. The molecule has 15 heteroatoms. The number of carbonyl (C=O) groups excluding carboxylic acids is 6. The van der Waals surface area contributed by atoms with Crippen LogP contribution in [0.1, 0.15) is 80.7 Å². The summed E-state index contributed by atoms with van der Waals surface area (Å²) in [5, 5.41) is 31.1. The van der Waals surface area contributed by atoms with Crippen molar-refractivity contribution in [1.82, 2.24) is 26.2 Å². The third-order valence-electron chi connectivity index (χ3n) is 7.56. The highest BCUT2D eigenvalue weighted by Gasteiger charge is 2.39. The molecule has 0 aliphatic carbocycles. The van der Waals surface area contributed by atoms with E-state index in [4.69, 9.17) is 10.5 Å². The maximum atomic E-state index is 13.7. The number of hydrogen-bond donors (Lipinski definition) is 7. The topological polar surface area (TPSA) is 229 Å². The Morgan fingerprint density at radius 3 is 2.00 bits per heavy atom. The van der Waals surface area contributed by atoms with Crippen molar-refractivity contribution in [1.29, 1.82) is 0 Å². The van der Waals surface area contributed by atoms with Crippen LogP contribution >= 0.6 is 0 Å².